The molecule has 1 aliphatic carbocycles. The summed E-state index contributed by atoms with van der Waals surface area (Å²) in [6.45, 7) is 2.54. The van der Waals surface area contributed by atoms with E-state index in [0.29, 0.717) is 25.0 Å². The maximum absolute atomic E-state index is 11.2. The van der Waals surface area contributed by atoms with Gasteiger partial charge in [0.05, 0.1) is 18.8 Å². The number of hydrogen-bond donors (Lipinski definition) is 1. The summed E-state index contributed by atoms with van der Waals surface area (Å²) in [4.78, 5) is 20.8. The molecule has 0 aliphatic heterocycles. The first-order valence-electron chi connectivity index (χ1n) is 10.6. The summed E-state index contributed by atoms with van der Waals surface area (Å²) in [7, 11) is 1.71. The minimum absolute atomic E-state index is 0.0234. The van der Waals surface area contributed by atoms with E-state index in [9.17, 15) is 4.79 Å². The van der Waals surface area contributed by atoms with E-state index in [1.807, 2.05) is 48.5 Å². The molecule has 31 heavy (non-hydrogen) atoms. The van der Waals surface area contributed by atoms with Crippen molar-refractivity contribution >= 4 is 17.1 Å². The van der Waals surface area contributed by atoms with Gasteiger partial charge in [-0.2, -0.15) is 0 Å². The number of aromatic nitrogens is 1. The summed E-state index contributed by atoms with van der Waals surface area (Å²) < 4.78 is 17.4. The molecular weight excluding hydrogens is 396 g/mol. The summed E-state index contributed by atoms with van der Waals surface area (Å²) in [6, 6.07) is 15.7. The molecule has 1 aromatic heterocycles. The van der Waals surface area contributed by atoms with Crippen LogP contribution in [-0.4, -0.2) is 36.8 Å². The highest BCUT2D eigenvalue weighted by molar-refractivity contribution is 5.75. The minimum atomic E-state index is -0.353. The lowest BCUT2D eigenvalue weighted by Crippen LogP contribution is -2.41. The van der Waals surface area contributed by atoms with E-state index in [1.165, 1.54) is 6.92 Å². The van der Waals surface area contributed by atoms with E-state index in [1.54, 1.807) is 7.11 Å². The first-order valence-corrected chi connectivity index (χ1v) is 10.6. The Morgan fingerprint density at radius 3 is 2.71 bits per heavy atom. The molecule has 164 valence electrons. The van der Waals surface area contributed by atoms with Crippen LogP contribution in [0.1, 0.15) is 31.7 Å². The molecule has 1 saturated carbocycles. The zero-order valence-corrected chi connectivity index (χ0v) is 17.9. The molecule has 1 aliphatic rings. The van der Waals surface area contributed by atoms with Crippen LogP contribution in [0.15, 0.2) is 52.9 Å². The molecule has 7 nitrogen and oxygen atoms in total. The number of hydroxylamine groups is 1. The fourth-order valence-electron chi connectivity index (χ4n) is 4.10. The Kier molecular flexibility index (Phi) is 6.96. The largest absolute Gasteiger partial charge is 0.436 e. The first-order chi connectivity index (χ1) is 15.1. The zero-order valence-electron chi connectivity index (χ0n) is 17.9. The van der Waals surface area contributed by atoms with Crippen molar-refractivity contribution in [2.24, 2.45) is 5.92 Å². The van der Waals surface area contributed by atoms with E-state index in [-0.39, 0.29) is 18.1 Å². The van der Waals surface area contributed by atoms with Crippen LogP contribution >= 0.6 is 0 Å². The SMILES string of the molecule is COCC[C@H]1CC[C@@H](NOC(C)=O)[C@H]1OCc1ccc(-c2nc3ccccc3o2)cc1. The van der Waals surface area contributed by atoms with E-state index >= 15 is 0 Å². The lowest BCUT2D eigenvalue weighted by molar-refractivity contribution is -0.153. The molecule has 0 radical (unpaired) electrons. The second kappa shape index (κ2) is 10.0. The number of nitrogens with zero attached hydrogens (tertiary/aromatic N) is 1. The summed E-state index contributed by atoms with van der Waals surface area (Å²) in [5.41, 5.74) is 6.49. The fraction of sp³-hybridized carbons (Fsp3) is 0.417. The Balaban J connectivity index is 1.40. The van der Waals surface area contributed by atoms with Crippen LogP contribution in [0.3, 0.4) is 0 Å². The summed E-state index contributed by atoms with van der Waals surface area (Å²) >= 11 is 0. The lowest BCUT2D eigenvalue weighted by atomic mass is 10.0. The molecule has 2 aromatic carbocycles. The third-order valence-electron chi connectivity index (χ3n) is 5.69. The summed E-state index contributed by atoms with van der Waals surface area (Å²) in [6.07, 6.45) is 2.76. The van der Waals surface area contributed by atoms with Gasteiger partial charge in [0, 0.05) is 26.2 Å². The minimum Gasteiger partial charge on any atom is -0.436 e. The van der Waals surface area contributed by atoms with Gasteiger partial charge in [0.2, 0.25) is 5.89 Å². The van der Waals surface area contributed by atoms with E-state index in [4.69, 9.17) is 18.7 Å². The Bertz CT molecular complexity index is 968. The third-order valence-corrected chi connectivity index (χ3v) is 5.69. The molecule has 0 bridgehead atoms. The molecule has 0 saturated heterocycles. The highest BCUT2D eigenvalue weighted by Crippen LogP contribution is 2.32. The molecule has 4 rings (SSSR count). The molecule has 0 spiro atoms. The van der Waals surface area contributed by atoms with Gasteiger partial charge < -0.3 is 18.7 Å². The molecule has 1 heterocycles. The Morgan fingerprint density at radius 1 is 1.16 bits per heavy atom. The van der Waals surface area contributed by atoms with E-state index < -0.39 is 0 Å². The molecule has 0 amide bonds. The molecule has 0 unspecified atom stereocenters. The maximum Gasteiger partial charge on any atom is 0.321 e. The van der Waals surface area contributed by atoms with Crippen molar-refractivity contribution in [2.45, 2.75) is 44.9 Å². The maximum atomic E-state index is 11.2. The predicted molar refractivity (Wildman–Crippen MR) is 116 cm³/mol. The van der Waals surface area contributed by atoms with Crippen molar-refractivity contribution < 1.29 is 23.5 Å². The molecule has 1 fully saturated rings. The average Bonchev–Trinajstić information content (AvgIpc) is 3.39. The molecular formula is C24H28N2O5. The normalized spacial score (nSPS) is 20.9. The summed E-state index contributed by atoms with van der Waals surface area (Å²) in [5.74, 6) is 0.607. The van der Waals surface area contributed by atoms with Gasteiger partial charge in [-0.25, -0.2) is 4.98 Å². The number of hydrogen-bond acceptors (Lipinski definition) is 7. The number of ether oxygens (including phenoxy) is 2. The van der Waals surface area contributed by atoms with Crippen LogP contribution in [-0.2, 0) is 25.7 Å². The van der Waals surface area contributed by atoms with Crippen molar-refractivity contribution in [3.63, 3.8) is 0 Å². The van der Waals surface area contributed by atoms with Gasteiger partial charge in [-0.05, 0) is 55.0 Å². The zero-order chi connectivity index (χ0) is 21.6. The van der Waals surface area contributed by atoms with Gasteiger partial charge in [-0.1, -0.05) is 24.3 Å². The van der Waals surface area contributed by atoms with Gasteiger partial charge in [0.25, 0.3) is 0 Å². The fourth-order valence-corrected chi connectivity index (χ4v) is 4.10. The quantitative estimate of drug-likeness (QED) is 0.514. The van der Waals surface area contributed by atoms with E-state index in [2.05, 4.69) is 10.5 Å². The number of carbonyl (C=O) groups excluding carboxylic acids is 1. The van der Waals surface area contributed by atoms with Gasteiger partial charge in [-0.15, -0.1) is 5.48 Å². The molecule has 7 heteroatoms. The number of oxazole rings is 1. The smallest absolute Gasteiger partial charge is 0.321 e. The van der Waals surface area contributed by atoms with Crippen LogP contribution in [0.4, 0.5) is 0 Å². The highest BCUT2D eigenvalue weighted by atomic mass is 16.7. The Hall–Kier alpha value is -2.74. The predicted octanol–water partition coefficient (Wildman–Crippen LogP) is 4.26. The number of fused-ring (bicyclic) bond motifs is 1. The molecule has 1 N–H and O–H groups in total. The number of nitrogens with one attached hydrogen (secondary N) is 1. The van der Waals surface area contributed by atoms with Crippen LogP contribution in [0.2, 0.25) is 0 Å². The Morgan fingerprint density at radius 2 is 1.97 bits per heavy atom. The van der Waals surface area contributed by atoms with Crippen molar-refractivity contribution in [3.8, 4) is 11.5 Å². The summed E-state index contributed by atoms with van der Waals surface area (Å²) in [5, 5.41) is 0. The average molecular weight is 424 g/mol. The Labute approximate surface area is 181 Å². The van der Waals surface area contributed by atoms with Crippen molar-refractivity contribution in [3.05, 3.63) is 54.1 Å². The second-order valence-electron chi connectivity index (χ2n) is 7.90. The van der Waals surface area contributed by atoms with Crippen LogP contribution in [0, 0.1) is 5.92 Å². The van der Waals surface area contributed by atoms with Gasteiger partial charge in [0.1, 0.15) is 5.52 Å². The van der Waals surface area contributed by atoms with Crippen molar-refractivity contribution in [1.29, 1.82) is 0 Å². The van der Waals surface area contributed by atoms with Crippen molar-refractivity contribution in [2.75, 3.05) is 13.7 Å². The van der Waals surface area contributed by atoms with Crippen molar-refractivity contribution in [1.82, 2.24) is 10.5 Å². The van der Waals surface area contributed by atoms with Crippen LogP contribution < -0.4 is 5.48 Å². The molecule has 3 aromatic rings. The molecule has 3 atom stereocenters. The topological polar surface area (TPSA) is 82.8 Å². The standard InChI is InChI=1S/C24H28N2O5/c1-16(27)31-26-21-12-11-18(13-14-28-2)23(21)29-15-17-7-9-19(10-8-17)24-25-20-5-3-4-6-22(20)30-24/h3-10,18,21,23,26H,11-15H2,1-2H3/t18-,21-,23+/m1/s1. The monoisotopic (exact) mass is 424 g/mol. The number of para-hydroxylation sites is 2. The third kappa shape index (κ3) is 5.31. The van der Waals surface area contributed by atoms with Crippen LogP contribution in [0.5, 0.6) is 0 Å². The van der Waals surface area contributed by atoms with Gasteiger partial charge >= 0.3 is 5.97 Å². The van der Waals surface area contributed by atoms with E-state index in [0.717, 1.165) is 41.5 Å². The number of carbonyl (C=O) groups is 1. The number of methoxy groups -OCH3 is 1. The van der Waals surface area contributed by atoms with Crippen LogP contribution in [0.25, 0.3) is 22.6 Å². The number of benzene rings is 2. The van der Waals surface area contributed by atoms with Gasteiger partial charge in [0.15, 0.2) is 5.58 Å². The van der Waals surface area contributed by atoms with Gasteiger partial charge in [-0.3, -0.25) is 4.79 Å². The highest BCUT2D eigenvalue weighted by Gasteiger charge is 2.37. The lowest BCUT2D eigenvalue weighted by Gasteiger charge is -2.25. The number of rotatable bonds is 9. The second-order valence-corrected chi connectivity index (χ2v) is 7.90. The first kappa shape index (κ1) is 21.5.